The average molecular weight is 531 g/mol. The van der Waals surface area contributed by atoms with E-state index in [0.29, 0.717) is 29.9 Å². The molecule has 1 aromatic rings. The number of nitrogens with two attached hydrogens (primary N) is 1. The zero-order valence-electron chi connectivity index (χ0n) is 20.1. The highest BCUT2D eigenvalue weighted by atomic mass is 35.5. The lowest BCUT2D eigenvalue weighted by atomic mass is 9.97. The largest absolute Gasteiger partial charge is 0.394 e. The number of rotatable bonds is 12. The number of hydrazine groups is 1. The molecule has 0 aromatic carbocycles. The molecule has 1 heterocycles. The predicted octanol–water partition coefficient (Wildman–Crippen LogP) is 2.42. The smallest absolute Gasteiger partial charge is 0.226 e. The summed E-state index contributed by atoms with van der Waals surface area (Å²) in [6, 6.07) is -0.155. The molecule has 200 valence electrons. The Morgan fingerprint density at radius 2 is 2.00 bits per heavy atom. The van der Waals surface area contributed by atoms with Crippen LogP contribution in [0.2, 0.25) is 5.28 Å². The number of nitrogen functional groups attached to an aromatic ring is 1. The van der Waals surface area contributed by atoms with Crippen molar-refractivity contribution in [2.24, 2.45) is 17.7 Å². The third-order valence-corrected chi connectivity index (χ3v) is 6.73. The lowest BCUT2D eigenvalue weighted by molar-refractivity contribution is -0.128. The van der Waals surface area contributed by atoms with Crippen molar-refractivity contribution < 1.29 is 28.8 Å². The minimum Gasteiger partial charge on any atom is -0.394 e. The summed E-state index contributed by atoms with van der Waals surface area (Å²) in [6.45, 7) is 6.78. The second kappa shape index (κ2) is 11.8. The van der Waals surface area contributed by atoms with E-state index in [1.807, 2.05) is 0 Å². The van der Waals surface area contributed by atoms with Gasteiger partial charge in [0, 0.05) is 24.4 Å². The molecule has 6 atom stereocenters. The molecule has 0 bridgehead atoms. The molecular weight excluding hydrogens is 498 g/mol. The molecule has 36 heavy (non-hydrogen) atoms. The lowest BCUT2D eigenvalue weighted by Gasteiger charge is -2.29. The van der Waals surface area contributed by atoms with Crippen molar-refractivity contribution >= 4 is 28.9 Å². The maximum Gasteiger partial charge on any atom is 0.226 e. The number of aromatic nitrogens is 2. The number of hydrogen-bond donors (Lipinski definition) is 7. The molecule has 3 rings (SSSR count). The van der Waals surface area contributed by atoms with E-state index < -0.39 is 35.4 Å². The van der Waals surface area contributed by atoms with Crippen molar-refractivity contribution in [1.82, 2.24) is 9.97 Å². The maximum atomic E-state index is 13.8. The highest BCUT2D eigenvalue weighted by molar-refractivity contribution is 6.28. The minimum atomic E-state index is -1.49. The van der Waals surface area contributed by atoms with Crippen LogP contribution in [-0.4, -0.2) is 68.9 Å². The van der Waals surface area contributed by atoms with E-state index in [2.05, 4.69) is 32.6 Å². The first-order valence-electron chi connectivity index (χ1n) is 11.6. The first kappa shape index (κ1) is 28.2. The van der Waals surface area contributed by atoms with Crippen LogP contribution in [0.1, 0.15) is 26.7 Å². The van der Waals surface area contributed by atoms with Crippen molar-refractivity contribution in [2.45, 2.75) is 50.5 Å². The molecule has 0 radical (unpaired) electrons. The molecule has 2 saturated carbocycles. The van der Waals surface area contributed by atoms with Gasteiger partial charge < -0.3 is 36.1 Å². The number of halogens is 3. The van der Waals surface area contributed by atoms with Gasteiger partial charge in [0.05, 0.1) is 25.4 Å². The number of allylic oxidation sites excluding steroid dienone is 4. The van der Waals surface area contributed by atoms with Crippen LogP contribution in [0.25, 0.3) is 0 Å². The molecule has 2 fully saturated rings. The molecule has 8 N–H and O–H groups in total. The van der Waals surface area contributed by atoms with Crippen LogP contribution in [0.4, 0.5) is 26.1 Å². The van der Waals surface area contributed by atoms with E-state index >= 15 is 0 Å². The van der Waals surface area contributed by atoms with Crippen LogP contribution < -0.4 is 21.9 Å². The number of anilines is 3. The summed E-state index contributed by atoms with van der Waals surface area (Å²) in [5.74, 6) is 3.83. The summed E-state index contributed by atoms with van der Waals surface area (Å²) in [7, 11) is 0. The Hall–Kier alpha value is -2.35. The standard InChI is InChI=1S/C23H33ClF2N6O4/c1-4-14(25)15(26)7-11(2)13-9-16(13)29-21-18(32-27)20(30-22(24)31-21)28-10-12-8-17(36-6-5-33)23(3,35)19(12)34/h4,7,12-13,16-17,19,32-35H,2,5-6,8-10,27H2,1,3H3,(H2,28,29,30,31). The second-order valence-corrected chi connectivity index (χ2v) is 9.47. The molecule has 2 aliphatic rings. The number of nitrogens with zero attached hydrogens (tertiary/aromatic N) is 2. The third kappa shape index (κ3) is 6.31. The topological polar surface area (TPSA) is 158 Å². The molecule has 0 aliphatic heterocycles. The van der Waals surface area contributed by atoms with Gasteiger partial charge in [-0.05, 0) is 56.0 Å². The fourth-order valence-electron chi connectivity index (χ4n) is 4.38. The van der Waals surface area contributed by atoms with Gasteiger partial charge in [0.2, 0.25) is 5.28 Å². The van der Waals surface area contributed by atoms with Gasteiger partial charge in [0.15, 0.2) is 23.3 Å². The van der Waals surface area contributed by atoms with Gasteiger partial charge in [0.1, 0.15) is 11.3 Å². The molecule has 0 amide bonds. The molecular formula is C23H33ClF2N6O4. The molecule has 1 aromatic heterocycles. The van der Waals surface area contributed by atoms with Crippen molar-refractivity contribution in [3.05, 3.63) is 41.2 Å². The van der Waals surface area contributed by atoms with Gasteiger partial charge in [-0.25, -0.2) is 8.78 Å². The van der Waals surface area contributed by atoms with E-state index in [0.717, 1.165) is 12.2 Å². The summed E-state index contributed by atoms with van der Waals surface area (Å²) in [5.41, 5.74) is 1.80. The van der Waals surface area contributed by atoms with Gasteiger partial charge in [-0.15, -0.1) is 0 Å². The second-order valence-electron chi connectivity index (χ2n) is 9.14. The van der Waals surface area contributed by atoms with Crippen LogP contribution in [0.5, 0.6) is 0 Å². The summed E-state index contributed by atoms with van der Waals surface area (Å²) in [4.78, 5) is 8.36. The number of aliphatic hydroxyl groups is 3. The van der Waals surface area contributed by atoms with Gasteiger partial charge in [-0.3, -0.25) is 5.84 Å². The summed E-state index contributed by atoms with van der Waals surface area (Å²) in [5, 5.41) is 36.4. The Morgan fingerprint density at radius 1 is 1.31 bits per heavy atom. The molecule has 0 spiro atoms. The minimum absolute atomic E-state index is 0.0483. The maximum absolute atomic E-state index is 13.8. The lowest BCUT2D eigenvalue weighted by Crippen LogP contribution is -2.46. The number of nitrogens with one attached hydrogen (secondary N) is 3. The third-order valence-electron chi connectivity index (χ3n) is 6.56. The first-order chi connectivity index (χ1) is 17.0. The quantitative estimate of drug-likeness (QED) is 0.0926. The Bertz CT molecular complexity index is 1020. The van der Waals surface area contributed by atoms with Crippen molar-refractivity contribution in [2.75, 3.05) is 35.8 Å². The Morgan fingerprint density at radius 3 is 2.64 bits per heavy atom. The van der Waals surface area contributed by atoms with Gasteiger partial charge in [-0.2, -0.15) is 9.97 Å². The zero-order chi connectivity index (χ0) is 26.6. The summed E-state index contributed by atoms with van der Waals surface area (Å²) in [6.07, 6.45) is 1.34. The molecule has 6 unspecified atom stereocenters. The van der Waals surface area contributed by atoms with Gasteiger partial charge >= 0.3 is 0 Å². The van der Waals surface area contributed by atoms with E-state index in [4.69, 9.17) is 27.3 Å². The number of hydrogen-bond acceptors (Lipinski definition) is 10. The molecule has 2 aliphatic carbocycles. The average Bonchev–Trinajstić information content (AvgIpc) is 3.57. The van der Waals surface area contributed by atoms with E-state index in [-0.39, 0.29) is 42.8 Å². The van der Waals surface area contributed by atoms with Crippen LogP contribution in [0.15, 0.2) is 36.0 Å². The highest BCUT2D eigenvalue weighted by Gasteiger charge is 2.51. The monoisotopic (exact) mass is 530 g/mol. The van der Waals surface area contributed by atoms with E-state index in [1.165, 1.54) is 13.8 Å². The molecule has 13 heteroatoms. The number of ether oxygens (including phenoxy) is 1. The fourth-order valence-corrected chi connectivity index (χ4v) is 4.55. The first-order valence-corrected chi connectivity index (χ1v) is 12.0. The Labute approximate surface area is 213 Å². The summed E-state index contributed by atoms with van der Waals surface area (Å²) < 4.78 is 32.7. The van der Waals surface area contributed by atoms with Crippen LogP contribution in [0, 0.1) is 11.8 Å². The zero-order valence-corrected chi connectivity index (χ0v) is 20.9. The highest BCUT2D eigenvalue weighted by Crippen LogP contribution is 2.42. The van der Waals surface area contributed by atoms with Crippen molar-refractivity contribution in [1.29, 1.82) is 0 Å². The Balaban J connectivity index is 1.68. The van der Waals surface area contributed by atoms with Crippen LogP contribution in [0.3, 0.4) is 0 Å². The fraction of sp³-hybridized carbons (Fsp3) is 0.565. The predicted molar refractivity (Wildman–Crippen MR) is 134 cm³/mol. The van der Waals surface area contributed by atoms with Gasteiger partial charge in [0.25, 0.3) is 0 Å². The van der Waals surface area contributed by atoms with E-state index in [9.17, 15) is 19.0 Å². The Kier molecular flexibility index (Phi) is 9.25. The summed E-state index contributed by atoms with van der Waals surface area (Å²) >= 11 is 6.12. The molecule has 0 saturated heterocycles. The van der Waals surface area contributed by atoms with Crippen LogP contribution in [-0.2, 0) is 4.74 Å². The normalized spacial score (nSPS) is 30.3. The SMILES string of the molecule is C=C(C=C(F)C(F)=CC)C1CC1Nc1nc(Cl)nc(NCC2CC(OCCO)C(C)(O)C2O)c1NN. The van der Waals surface area contributed by atoms with Gasteiger partial charge in [-0.1, -0.05) is 6.58 Å². The number of aliphatic hydroxyl groups excluding tert-OH is 2. The van der Waals surface area contributed by atoms with Crippen LogP contribution >= 0.6 is 11.6 Å². The van der Waals surface area contributed by atoms with E-state index in [1.54, 1.807) is 0 Å². The molecule has 10 nitrogen and oxygen atoms in total. The van der Waals surface area contributed by atoms with Crippen molar-refractivity contribution in [3.8, 4) is 0 Å². The van der Waals surface area contributed by atoms with Crippen molar-refractivity contribution in [3.63, 3.8) is 0 Å².